The van der Waals surface area contributed by atoms with E-state index in [0.717, 1.165) is 23.6 Å². The molecule has 1 saturated heterocycles. The molecule has 0 aromatic carbocycles. The summed E-state index contributed by atoms with van der Waals surface area (Å²) in [5.74, 6) is 2.67. The molecule has 2 heterocycles. The van der Waals surface area contributed by atoms with E-state index in [2.05, 4.69) is 15.5 Å². The average molecular weight is 262 g/mol. The number of nitrogens with one attached hydrogen (secondary N) is 1. The maximum absolute atomic E-state index is 5.93. The fraction of sp³-hybridized carbons (Fsp3) is 0.333. The normalized spacial score (nSPS) is 18.4. The molecule has 1 aliphatic heterocycles. The maximum Gasteiger partial charge on any atom is 0.165 e. The third-order valence-corrected chi connectivity index (χ3v) is 3.46. The molecule has 0 saturated carbocycles. The molecule has 0 amide bonds. The summed E-state index contributed by atoms with van der Waals surface area (Å²) in [6.07, 6.45) is 2.57. The molecule has 0 unspecified atom stereocenters. The Morgan fingerprint density at radius 1 is 1.47 bits per heavy atom. The molecule has 0 bridgehead atoms. The van der Waals surface area contributed by atoms with Crippen molar-refractivity contribution in [2.24, 2.45) is 5.10 Å². The predicted molar refractivity (Wildman–Crippen MR) is 67.3 cm³/mol. The van der Waals surface area contributed by atoms with Gasteiger partial charge < -0.3 is 0 Å². The van der Waals surface area contributed by atoms with Gasteiger partial charge in [-0.2, -0.15) is 16.9 Å². The van der Waals surface area contributed by atoms with Crippen LogP contribution < -0.4 is 5.43 Å². The maximum atomic E-state index is 5.93. The molecule has 2 rings (SSSR count). The van der Waals surface area contributed by atoms with E-state index in [9.17, 15) is 0 Å². The number of aromatic nitrogens is 1. The highest BCUT2D eigenvalue weighted by molar-refractivity contribution is 8.00. The van der Waals surface area contributed by atoms with Crippen LogP contribution in [0.25, 0.3) is 0 Å². The lowest BCUT2D eigenvalue weighted by Gasteiger charge is -2.03. The van der Waals surface area contributed by atoms with Gasteiger partial charge in [0.2, 0.25) is 0 Å². The van der Waals surface area contributed by atoms with E-state index in [4.69, 9.17) is 23.2 Å². The Hall–Kier alpha value is -0.450. The fourth-order valence-corrected chi connectivity index (χ4v) is 2.56. The number of hydrogen-bond acceptors (Lipinski definition) is 4. The summed E-state index contributed by atoms with van der Waals surface area (Å²) in [6, 6.07) is 1.64. The van der Waals surface area contributed by atoms with Crippen LogP contribution in [0, 0.1) is 0 Å². The number of hydrazone groups is 1. The number of anilines is 1. The Balaban J connectivity index is 2.07. The van der Waals surface area contributed by atoms with Crippen LogP contribution in [0.2, 0.25) is 10.0 Å². The molecule has 1 N–H and O–H groups in total. The number of thioether (sulfide) groups is 1. The van der Waals surface area contributed by atoms with Gasteiger partial charge in [0.25, 0.3) is 0 Å². The first-order valence-corrected chi connectivity index (χ1v) is 6.37. The molecular formula is C9H9Cl2N3S. The summed E-state index contributed by atoms with van der Waals surface area (Å²) < 4.78 is 0. The van der Waals surface area contributed by atoms with Gasteiger partial charge in [0.1, 0.15) is 0 Å². The molecule has 15 heavy (non-hydrogen) atoms. The van der Waals surface area contributed by atoms with Gasteiger partial charge in [-0.15, -0.1) is 0 Å². The second kappa shape index (κ2) is 5.05. The van der Waals surface area contributed by atoms with Crippen LogP contribution in [-0.4, -0.2) is 22.2 Å². The Labute approximate surface area is 102 Å². The zero-order chi connectivity index (χ0) is 10.7. The van der Waals surface area contributed by atoms with Crippen molar-refractivity contribution in [3.63, 3.8) is 0 Å². The van der Waals surface area contributed by atoms with Gasteiger partial charge >= 0.3 is 0 Å². The lowest BCUT2D eigenvalue weighted by atomic mass is 10.3. The summed E-state index contributed by atoms with van der Waals surface area (Å²) in [5, 5.41) is 5.25. The van der Waals surface area contributed by atoms with Crippen LogP contribution in [0.15, 0.2) is 17.4 Å². The molecule has 3 nitrogen and oxygen atoms in total. The van der Waals surface area contributed by atoms with Gasteiger partial charge in [-0.25, -0.2) is 4.98 Å². The van der Waals surface area contributed by atoms with Crippen LogP contribution in [0.1, 0.15) is 6.42 Å². The van der Waals surface area contributed by atoms with Gasteiger partial charge in [-0.3, -0.25) is 5.43 Å². The molecule has 80 valence electrons. The Morgan fingerprint density at radius 3 is 3.00 bits per heavy atom. The number of pyridine rings is 1. The van der Waals surface area contributed by atoms with E-state index in [1.165, 1.54) is 0 Å². The van der Waals surface area contributed by atoms with Gasteiger partial charge in [-0.1, -0.05) is 23.2 Å². The van der Waals surface area contributed by atoms with E-state index in [0.29, 0.717) is 15.9 Å². The molecular weight excluding hydrogens is 253 g/mol. The van der Waals surface area contributed by atoms with Crippen molar-refractivity contribution in [2.45, 2.75) is 6.42 Å². The van der Waals surface area contributed by atoms with Crippen LogP contribution in [0.4, 0.5) is 5.82 Å². The van der Waals surface area contributed by atoms with E-state index < -0.39 is 0 Å². The minimum absolute atomic E-state index is 0.484. The lowest BCUT2D eigenvalue weighted by molar-refractivity contribution is 1.20. The molecule has 0 spiro atoms. The van der Waals surface area contributed by atoms with Crippen molar-refractivity contribution < 1.29 is 0 Å². The summed E-state index contributed by atoms with van der Waals surface area (Å²) in [6.45, 7) is 0. The first-order chi connectivity index (χ1) is 7.25. The van der Waals surface area contributed by atoms with Crippen molar-refractivity contribution in [3.8, 4) is 0 Å². The number of nitrogens with zero attached hydrogens (tertiary/aromatic N) is 2. The highest BCUT2D eigenvalue weighted by Gasteiger charge is 2.09. The zero-order valence-electron chi connectivity index (χ0n) is 7.83. The molecule has 0 atom stereocenters. The van der Waals surface area contributed by atoms with E-state index in [-0.39, 0.29) is 0 Å². The van der Waals surface area contributed by atoms with Crippen molar-refractivity contribution in [3.05, 3.63) is 22.3 Å². The van der Waals surface area contributed by atoms with Gasteiger partial charge in [0.05, 0.1) is 10.0 Å². The summed E-state index contributed by atoms with van der Waals surface area (Å²) in [7, 11) is 0. The fourth-order valence-electron chi connectivity index (χ4n) is 1.17. The molecule has 1 fully saturated rings. The van der Waals surface area contributed by atoms with E-state index in [1.54, 1.807) is 12.3 Å². The van der Waals surface area contributed by atoms with Crippen molar-refractivity contribution in [2.75, 3.05) is 16.9 Å². The van der Waals surface area contributed by atoms with E-state index >= 15 is 0 Å². The second-order valence-corrected chi connectivity index (χ2v) is 5.03. The summed E-state index contributed by atoms with van der Waals surface area (Å²) >= 11 is 13.5. The molecule has 1 aliphatic rings. The lowest BCUT2D eigenvalue weighted by Crippen LogP contribution is -2.01. The average Bonchev–Trinajstić information content (AvgIpc) is 2.69. The van der Waals surface area contributed by atoms with Gasteiger partial charge in [-0.05, 0) is 18.2 Å². The highest BCUT2D eigenvalue weighted by atomic mass is 35.5. The molecule has 1 aromatic heterocycles. The number of rotatable bonds is 2. The largest absolute Gasteiger partial charge is 0.260 e. The quantitative estimate of drug-likeness (QED) is 0.831. The minimum atomic E-state index is 0.484. The van der Waals surface area contributed by atoms with Crippen molar-refractivity contribution in [1.29, 1.82) is 0 Å². The van der Waals surface area contributed by atoms with E-state index in [1.807, 2.05) is 11.8 Å². The van der Waals surface area contributed by atoms with Crippen LogP contribution in [-0.2, 0) is 0 Å². The first-order valence-electron chi connectivity index (χ1n) is 4.46. The third-order valence-electron chi connectivity index (χ3n) is 1.93. The smallest absolute Gasteiger partial charge is 0.165 e. The van der Waals surface area contributed by atoms with Crippen LogP contribution in [0.5, 0.6) is 0 Å². The van der Waals surface area contributed by atoms with Crippen molar-refractivity contribution in [1.82, 2.24) is 4.98 Å². The molecule has 0 radical (unpaired) electrons. The van der Waals surface area contributed by atoms with Crippen LogP contribution in [0.3, 0.4) is 0 Å². The Morgan fingerprint density at radius 2 is 2.33 bits per heavy atom. The standard InChI is InChI=1S/C9H9Cl2N3S/c10-6-3-8(11)9(12-4-6)14-13-7-1-2-15-5-7/h3-4H,1-2,5H2,(H,12,14)/b13-7+. The summed E-state index contributed by atoms with van der Waals surface area (Å²) in [5.41, 5.74) is 4.00. The number of hydrogen-bond donors (Lipinski definition) is 1. The minimum Gasteiger partial charge on any atom is -0.260 e. The summed E-state index contributed by atoms with van der Waals surface area (Å²) in [4.78, 5) is 4.05. The zero-order valence-corrected chi connectivity index (χ0v) is 10.2. The third kappa shape index (κ3) is 3.00. The monoisotopic (exact) mass is 261 g/mol. The molecule has 0 aliphatic carbocycles. The topological polar surface area (TPSA) is 37.3 Å². The SMILES string of the molecule is Clc1cnc(N/N=C2\CCSC2)c(Cl)c1. The van der Waals surface area contributed by atoms with Gasteiger partial charge in [0.15, 0.2) is 5.82 Å². The first kappa shape index (κ1) is 11.0. The molecule has 1 aromatic rings. The van der Waals surface area contributed by atoms with Crippen molar-refractivity contribution >= 4 is 46.5 Å². The molecule has 6 heteroatoms. The highest BCUT2D eigenvalue weighted by Crippen LogP contribution is 2.23. The van der Waals surface area contributed by atoms with Crippen LogP contribution >= 0.6 is 35.0 Å². The second-order valence-electron chi connectivity index (χ2n) is 3.08. The Kier molecular flexibility index (Phi) is 3.72. The Bertz CT molecular complexity index is 387. The van der Waals surface area contributed by atoms with Gasteiger partial charge in [0, 0.05) is 17.7 Å². The predicted octanol–water partition coefficient (Wildman–Crippen LogP) is 3.29. The number of halogens is 2.